The number of piperazine rings is 1. The summed E-state index contributed by atoms with van der Waals surface area (Å²) in [7, 11) is 0. The molecule has 2 amide bonds. The van der Waals surface area contributed by atoms with Gasteiger partial charge in [-0.3, -0.25) is 24.0 Å². The van der Waals surface area contributed by atoms with Crippen LogP contribution in [-0.4, -0.2) is 76.7 Å². The third-order valence-corrected chi connectivity index (χ3v) is 5.78. The number of hydrogen-bond acceptors (Lipinski definition) is 7. The van der Waals surface area contributed by atoms with Crippen LogP contribution in [0.25, 0.3) is 0 Å². The Morgan fingerprint density at radius 3 is 2.36 bits per heavy atom. The summed E-state index contributed by atoms with van der Waals surface area (Å²) in [6, 6.07) is 9.80. The monoisotopic (exact) mass is 450 g/mol. The first-order valence-corrected chi connectivity index (χ1v) is 10.3. The molecule has 4 rings (SSSR count). The average Bonchev–Trinajstić information content (AvgIpc) is 3.36. The van der Waals surface area contributed by atoms with E-state index < -0.39 is 23.7 Å². The fraction of sp³-hybridized carbons (Fsp3) is 0.273. The summed E-state index contributed by atoms with van der Waals surface area (Å²) < 4.78 is 1.30. The first-order chi connectivity index (χ1) is 15.9. The number of aromatic nitrogens is 4. The molecule has 0 aliphatic carbocycles. The highest BCUT2D eigenvalue weighted by Gasteiger charge is 2.57. The molecule has 11 nitrogen and oxygen atoms in total. The standard InChI is InChI=1S/C22H22N6O5/c1-2-17(19(30)15-6-8-16(29)9-7-15)27-11-12-28(21(32)33)22(20(27)31,26-13-24-25-14-26)18-5-3-4-10-23-18/h3-10,13-14,17,29H,2,11-12H2,1H3,(H,32,33). The highest BCUT2D eigenvalue weighted by Crippen LogP contribution is 2.36. The van der Waals surface area contributed by atoms with E-state index in [1.54, 1.807) is 25.1 Å². The van der Waals surface area contributed by atoms with E-state index in [0.717, 1.165) is 4.90 Å². The number of carboxylic acid groups (broad SMARTS) is 1. The average molecular weight is 450 g/mol. The number of nitrogens with zero attached hydrogens (tertiary/aromatic N) is 6. The maximum Gasteiger partial charge on any atom is 0.409 e. The van der Waals surface area contributed by atoms with Crippen molar-refractivity contribution in [1.29, 1.82) is 0 Å². The molecule has 170 valence electrons. The first kappa shape index (κ1) is 21.9. The van der Waals surface area contributed by atoms with E-state index in [1.807, 2.05) is 0 Å². The van der Waals surface area contributed by atoms with E-state index >= 15 is 0 Å². The molecule has 2 unspecified atom stereocenters. The SMILES string of the molecule is CCC(C(=O)c1ccc(O)cc1)N1CCN(C(=O)O)C(c2ccccn2)(n2cnnc2)C1=O. The van der Waals surface area contributed by atoms with Gasteiger partial charge in [-0.05, 0) is 42.8 Å². The third-order valence-electron chi connectivity index (χ3n) is 5.78. The van der Waals surface area contributed by atoms with E-state index in [0.29, 0.717) is 12.0 Å². The Hall–Kier alpha value is -4.28. The largest absolute Gasteiger partial charge is 0.508 e. The summed E-state index contributed by atoms with van der Waals surface area (Å²) >= 11 is 0. The van der Waals surface area contributed by atoms with E-state index in [1.165, 1.54) is 52.6 Å². The Bertz CT molecular complexity index is 1150. The van der Waals surface area contributed by atoms with Crippen molar-refractivity contribution in [3.63, 3.8) is 0 Å². The van der Waals surface area contributed by atoms with Gasteiger partial charge in [0.25, 0.3) is 5.91 Å². The summed E-state index contributed by atoms with van der Waals surface area (Å²) in [6.45, 7) is 1.74. The van der Waals surface area contributed by atoms with Crippen LogP contribution in [0.4, 0.5) is 4.79 Å². The molecule has 2 N–H and O–H groups in total. The van der Waals surface area contributed by atoms with Gasteiger partial charge in [0.05, 0.1) is 11.7 Å². The van der Waals surface area contributed by atoms with Gasteiger partial charge in [0, 0.05) is 24.8 Å². The molecule has 3 aromatic rings. The number of Topliss-reactive ketones (excluding diaryl/α,β-unsaturated/α-hetero) is 1. The Labute approximate surface area is 188 Å². The normalized spacial score (nSPS) is 19.4. The number of amides is 2. The van der Waals surface area contributed by atoms with Crippen LogP contribution in [0.15, 0.2) is 61.3 Å². The van der Waals surface area contributed by atoms with Crippen molar-refractivity contribution in [2.75, 3.05) is 13.1 Å². The summed E-state index contributed by atoms with van der Waals surface area (Å²) in [6.07, 6.45) is 2.97. The molecule has 3 heterocycles. The minimum Gasteiger partial charge on any atom is -0.508 e. The van der Waals surface area contributed by atoms with Crippen molar-refractivity contribution in [3.8, 4) is 5.75 Å². The summed E-state index contributed by atoms with van der Waals surface area (Å²) in [5.41, 5.74) is -1.42. The molecule has 1 saturated heterocycles. The summed E-state index contributed by atoms with van der Waals surface area (Å²) in [4.78, 5) is 46.5. The van der Waals surface area contributed by atoms with Crippen molar-refractivity contribution >= 4 is 17.8 Å². The molecule has 0 spiro atoms. The van der Waals surface area contributed by atoms with Crippen LogP contribution < -0.4 is 0 Å². The number of hydrogen-bond donors (Lipinski definition) is 2. The second-order valence-electron chi connectivity index (χ2n) is 7.52. The summed E-state index contributed by atoms with van der Waals surface area (Å²) in [5.74, 6) is -0.922. The van der Waals surface area contributed by atoms with Gasteiger partial charge in [0.1, 0.15) is 18.4 Å². The highest BCUT2D eigenvalue weighted by molar-refractivity contribution is 6.03. The van der Waals surface area contributed by atoms with Crippen molar-refractivity contribution in [2.24, 2.45) is 0 Å². The number of carbonyl (C=O) groups excluding carboxylic acids is 2. The number of carbonyl (C=O) groups is 3. The molecule has 33 heavy (non-hydrogen) atoms. The molecule has 1 fully saturated rings. The molecule has 0 bridgehead atoms. The second-order valence-corrected chi connectivity index (χ2v) is 7.52. The third kappa shape index (κ3) is 3.56. The van der Waals surface area contributed by atoms with Crippen molar-refractivity contribution in [1.82, 2.24) is 29.5 Å². The van der Waals surface area contributed by atoms with Crippen LogP contribution in [0.2, 0.25) is 0 Å². The second kappa shape index (κ2) is 8.69. The molecule has 1 aliphatic heterocycles. The van der Waals surface area contributed by atoms with Crippen LogP contribution in [0.1, 0.15) is 29.4 Å². The van der Waals surface area contributed by atoms with Gasteiger partial charge in [-0.15, -0.1) is 10.2 Å². The zero-order valence-corrected chi connectivity index (χ0v) is 17.8. The maximum absolute atomic E-state index is 14.2. The molecular weight excluding hydrogens is 428 g/mol. The van der Waals surface area contributed by atoms with E-state index in [9.17, 15) is 24.6 Å². The van der Waals surface area contributed by atoms with Crippen LogP contribution in [0.5, 0.6) is 5.75 Å². The number of rotatable bonds is 6. The Morgan fingerprint density at radius 1 is 1.09 bits per heavy atom. The number of ketones is 1. The maximum atomic E-state index is 14.2. The molecular formula is C22H22N6O5. The Kier molecular flexibility index (Phi) is 5.78. The Morgan fingerprint density at radius 2 is 1.79 bits per heavy atom. The van der Waals surface area contributed by atoms with Gasteiger partial charge in [-0.2, -0.15) is 0 Å². The molecule has 2 atom stereocenters. The predicted molar refractivity (Wildman–Crippen MR) is 114 cm³/mol. The molecule has 11 heteroatoms. The topological polar surface area (TPSA) is 142 Å². The number of aromatic hydroxyl groups is 1. The highest BCUT2D eigenvalue weighted by atomic mass is 16.4. The summed E-state index contributed by atoms with van der Waals surface area (Å²) in [5, 5.41) is 27.1. The van der Waals surface area contributed by atoms with Gasteiger partial charge in [-0.1, -0.05) is 13.0 Å². The number of pyridine rings is 1. The minimum absolute atomic E-state index is 0.0180. The molecule has 1 aromatic carbocycles. The smallest absolute Gasteiger partial charge is 0.409 e. The zero-order chi connectivity index (χ0) is 23.6. The quantitative estimate of drug-likeness (QED) is 0.539. The van der Waals surface area contributed by atoms with E-state index in [2.05, 4.69) is 15.2 Å². The van der Waals surface area contributed by atoms with Gasteiger partial charge in [-0.25, -0.2) is 4.79 Å². The lowest BCUT2D eigenvalue weighted by molar-refractivity contribution is -0.155. The lowest BCUT2D eigenvalue weighted by Crippen LogP contribution is -2.70. The zero-order valence-electron chi connectivity index (χ0n) is 17.8. The molecule has 0 saturated carbocycles. The van der Waals surface area contributed by atoms with Crippen molar-refractivity contribution in [3.05, 3.63) is 72.6 Å². The minimum atomic E-state index is -1.92. The first-order valence-electron chi connectivity index (χ1n) is 10.3. The lowest BCUT2D eigenvalue weighted by atomic mass is 9.93. The van der Waals surface area contributed by atoms with Crippen LogP contribution >= 0.6 is 0 Å². The molecule has 0 radical (unpaired) electrons. The number of phenolic OH excluding ortho intramolecular Hbond substituents is 1. The fourth-order valence-corrected chi connectivity index (χ4v) is 4.25. The molecule has 1 aliphatic rings. The van der Waals surface area contributed by atoms with Gasteiger partial charge >= 0.3 is 6.09 Å². The number of phenols is 1. The fourth-order valence-electron chi connectivity index (χ4n) is 4.25. The Balaban J connectivity index is 1.85. The van der Waals surface area contributed by atoms with E-state index in [-0.39, 0.29) is 30.3 Å². The predicted octanol–water partition coefficient (Wildman–Crippen LogP) is 1.56. The van der Waals surface area contributed by atoms with Gasteiger partial charge < -0.3 is 15.1 Å². The molecule has 2 aromatic heterocycles. The van der Waals surface area contributed by atoms with Gasteiger partial charge in [0.2, 0.25) is 5.66 Å². The van der Waals surface area contributed by atoms with Crippen molar-refractivity contribution in [2.45, 2.75) is 25.0 Å². The van der Waals surface area contributed by atoms with E-state index in [4.69, 9.17) is 0 Å². The van der Waals surface area contributed by atoms with Crippen LogP contribution in [0, 0.1) is 0 Å². The van der Waals surface area contributed by atoms with Gasteiger partial charge in [0.15, 0.2) is 5.78 Å². The van der Waals surface area contributed by atoms with Crippen molar-refractivity contribution < 1.29 is 24.6 Å². The van der Waals surface area contributed by atoms with Crippen LogP contribution in [-0.2, 0) is 10.5 Å². The van der Waals surface area contributed by atoms with Crippen LogP contribution in [0.3, 0.4) is 0 Å². The number of benzene rings is 1. The lowest BCUT2D eigenvalue weighted by Gasteiger charge is -2.49.